The van der Waals surface area contributed by atoms with Crippen molar-refractivity contribution in [1.82, 2.24) is 10.2 Å². The lowest BCUT2D eigenvalue weighted by Crippen LogP contribution is -2.38. The number of halogens is 1. The second kappa shape index (κ2) is 4.82. The van der Waals surface area contributed by atoms with E-state index in [1.54, 1.807) is 6.07 Å². The lowest BCUT2D eigenvalue weighted by molar-refractivity contribution is -0.128. The Morgan fingerprint density at radius 2 is 2.11 bits per heavy atom. The van der Waals surface area contributed by atoms with Crippen LogP contribution in [0.4, 0.5) is 14.9 Å². The highest BCUT2D eigenvalue weighted by atomic mass is 19.1. The summed E-state index contributed by atoms with van der Waals surface area (Å²) in [5, 5.41) is 4.57. The molecule has 1 aromatic rings. The zero-order valence-electron chi connectivity index (χ0n) is 9.27. The molecule has 0 atom stereocenters. The summed E-state index contributed by atoms with van der Waals surface area (Å²) in [6.45, 7) is -0.551. The van der Waals surface area contributed by atoms with Crippen LogP contribution in [-0.2, 0) is 9.59 Å². The minimum Gasteiger partial charge on any atom is -0.329 e. The average Bonchev–Trinajstić information content (AvgIpc) is 2.64. The standard InChI is InChI=1S/C11H10FN3O3/c12-7-3-1-2-4-8(7)14-9(16)6-15-10(17)5-13-11(15)18/h1-4H,5-6H2,(H,13,18)(H,14,16). The Bertz CT molecular complexity index is 502. The number of carbonyl (C=O) groups excluding carboxylic acids is 3. The lowest BCUT2D eigenvalue weighted by Gasteiger charge is -2.12. The van der Waals surface area contributed by atoms with E-state index < -0.39 is 30.2 Å². The van der Waals surface area contributed by atoms with E-state index in [0.29, 0.717) is 0 Å². The molecule has 1 aliphatic rings. The van der Waals surface area contributed by atoms with Crippen molar-refractivity contribution in [2.75, 3.05) is 18.4 Å². The SMILES string of the molecule is O=C(CN1C(=O)CNC1=O)Nc1ccccc1F. The summed E-state index contributed by atoms with van der Waals surface area (Å²) >= 11 is 0. The number of rotatable bonds is 3. The van der Waals surface area contributed by atoms with E-state index >= 15 is 0 Å². The minimum absolute atomic E-state index is 0.00885. The third-order valence-electron chi connectivity index (χ3n) is 2.39. The Morgan fingerprint density at radius 1 is 1.39 bits per heavy atom. The smallest absolute Gasteiger partial charge is 0.325 e. The van der Waals surface area contributed by atoms with Crippen molar-refractivity contribution in [3.63, 3.8) is 0 Å². The molecule has 0 unspecified atom stereocenters. The Balaban J connectivity index is 1.99. The lowest BCUT2D eigenvalue weighted by atomic mass is 10.3. The quantitative estimate of drug-likeness (QED) is 0.759. The van der Waals surface area contributed by atoms with Gasteiger partial charge in [-0.2, -0.15) is 0 Å². The number of para-hydroxylation sites is 1. The predicted molar refractivity (Wildman–Crippen MR) is 60.1 cm³/mol. The number of amides is 4. The number of urea groups is 1. The topological polar surface area (TPSA) is 78.5 Å². The first-order valence-corrected chi connectivity index (χ1v) is 5.20. The minimum atomic E-state index is -0.634. The van der Waals surface area contributed by atoms with Gasteiger partial charge in [0, 0.05) is 0 Å². The van der Waals surface area contributed by atoms with Gasteiger partial charge >= 0.3 is 6.03 Å². The number of anilines is 1. The van der Waals surface area contributed by atoms with Crippen molar-refractivity contribution < 1.29 is 18.8 Å². The second-order valence-corrected chi connectivity index (χ2v) is 3.67. The fourth-order valence-corrected chi connectivity index (χ4v) is 1.51. The van der Waals surface area contributed by atoms with Crippen LogP contribution in [0.25, 0.3) is 0 Å². The van der Waals surface area contributed by atoms with Gasteiger partial charge in [-0.25, -0.2) is 9.18 Å². The molecule has 1 aliphatic heterocycles. The van der Waals surface area contributed by atoms with E-state index in [0.717, 1.165) is 4.90 Å². The molecular formula is C11H10FN3O3. The van der Waals surface area contributed by atoms with Gasteiger partial charge in [-0.15, -0.1) is 0 Å². The predicted octanol–water partition coefficient (Wildman–Crippen LogP) is 0.316. The highest BCUT2D eigenvalue weighted by molar-refractivity contribution is 6.06. The molecule has 0 spiro atoms. The molecule has 0 aromatic heterocycles. The molecule has 2 rings (SSSR count). The molecule has 0 radical (unpaired) electrons. The molecule has 94 valence electrons. The summed E-state index contributed by atoms with van der Waals surface area (Å²) in [6.07, 6.45) is 0. The van der Waals surface area contributed by atoms with Gasteiger partial charge in [0.2, 0.25) is 5.91 Å². The van der Waals surface area contributed by atoms with Crippen LogP contribution in [0.2, 0.25) is 0 Å². The molecule has 4 amide bonds. The fourth-order valence-electron chi connectivity index (χ4n) is 1.51. The van der Waals surface area contributed by atoms with E-state index in [2.05, 4.69) is 10.6 Å². The maximum Gasteiger partial charge on any atom is 0.325 e. The van der Waals surface area contributed by atoms with Crippen molar-refractivity contribution in [2.45, 2.75) is 0 Å². The van der Waals surface area contributed by atoms with Gasteiger partial charge in [-0.3, -0.25) is 14.5 Å². The Labute approximate surface area is 102 Å². The number of hydrogen-bond acceptors (Lipinski definition) is 3. The number of nitrogens with zero attached hydrogens (tertiary/aromatic N) is 1. The van der Waals surface area contributed by atoms with Gasteiger partial charge in [-0.1, -0.05) is 12.1 Å². The van der Waals surface area contributed by atoms with Crippen LogP contribution in [0, 0.1) is 5.82 Å². The van der Waals surface area contributed by atoms with Gasteiger partial charge in [0.05, 0.1) is 12.2 Å². The third-order valence-corrected chi connectivity index (χ3v) is 2.39. The Morgan fingerprint density at radius 3 is 2.72 bits per heavy atom. The molecule has 1 fully saturated rings. The molecule has 7 heteroatoms. The molecule has 1 saturated heterocycles. The van der Waals surface area contributed by atoms with E-state index in [4.69, 9.17) is 0 Å². The maximum absolute atomic E-state index is 13.2. The summed E-state index contributed by atoms with van der Waals surface area (Å²) in [7, 11) is 0. The first-order chi connectivity index (χ1) is 8.58. The van der Waals surface area contributed by atoms with Crippen LogP contribution in [-0.4, -0.2) is 35.8 Å². The summed E-state index contributed by atoms with van der Waals surface area (Å²) in [5.74, 6) is -1.70. The molecule has 1 heterocycles. The Kier molecular flexibility index (Phi) is 3.22. The zero-order valence-corrected chi connectivity index (χ0v) is 9.27. The number of imide groups is 1. The molecule has 1 aromatic carbocycles. The Hall–Kier alpha value is -2.44. The number of hydrogen-bond donors (Lipinski definition) is 2. The highest BCUT2D eigenvalue weighted by Gasteiger charge is 2.30. The van der Waals surface area contributed by atoms with Gasteiger partial charge in [-0.05, 0) is 12.1 Å². The van der Waals surface area contributed by atoms with Crippen molar-refractivity contribution in [3.05, 3.63) is 30.1 Å². The van der Waals surface area contributed by atoms with E-state index in [1.807, 2.05) is 0 Å². The molecule has 0 aliphatic carbocycles. The normalized spacial score (nSPS) is 14.6. The summed E-state index contributed by atoms with van der Waals surface area (Å²) in [4.78, 5) is 34.7. The first-order valence-electron chi connectivity index (χ1n) is 5.20. The number of benzene rings is 1. The third kappa shape index (κ3) is 2.45. The van der Waals surface area contributed by atoms with E-state index in [-0.39, 0.29) is 12.2 Å². The van der Waals surface area contributed by atoms with Crippen LogP contribution >= 0.6 is 0 Å². The summed E-state index contributed by atoms with van der Waals surface area (Å²) in [5.41, 5.74) is 0.00885. The molecule has 6 nitrogen and oxygen atoms in total. The van der Waals surface area contributed by atoms with Gasteiger partial charge < -0.3 is 10.6 Å². The average molecular weight is 251 g/mol. The molecule has 0 saturated carbocycles. The molecular weight excluding hydrogens is 241 g/mol. The molecule has 18 heavy (non-hydrogen) atoms. The maximum atomic E-state index is 13.2. The molecule has 2 N–H and O–H groups in total. The van der Waals surface area contributed by atoms with Crippen LogP contribution in [0.3, 0.4) is 0 Å². The zero-order chi connectivity index (χ0) is 13.1. The van der Waals surface area contributed by atoms with Gasteiger partial charge in [0.1, 0.15) is 12.4 Å². The van der Waals surface area contributed by atoms with Crippen LogP contribution < -0.4 is 10.6 Å². The van der Waals surface area contributed by atoms with E-state index in [9.17, 15) is 18.8 Å². The molecule has 0 bridgehead atoms. The first kappa shape index (κ1) is 12.0. The van der Waals surface area contributed by atoms with Crippen LogP contribution in [0.1, 0.15) is 0 Å². The largest absolute Gasteiger partial charge is 0.329 e. The monoisotopic (exact) mass is 251 g/mol. The van der Waals surface area contributed by atoms with Crippen molar-refractivity contribution in [2.24, 2.45) is 0 Å². The van der Waals surface area contributed by atoms with Crippen molar-refractivity contribution in [1.29, 1.82) is 0 Å². The van der Waals surface area contributed by atoms with E-state index in [1.165, 1.54) is 18.2 Å². The fraction of sp³-hybridized carbons (Fsp3) is 0.182. The summed E-state index contributed by atoms with van der Waals surface area (Å²) in [6, 6.07) is 5.01. The summed E-state index contributed by atoms with van der Waals surface area (Å²) < 4.78 is 13.2. The van der Waals surface area contributed by atoms with Gasteiger partial charge in [0.25, 0.3) is 5.91 Å². The van der Waals surface area contributed by atoms with Crippen LogP contribution in [0.15, 0.2) is 24.3 Å². The second-order valence-electron chi connectivity index (χ2n) is 3.67. The highest BCUT2D eigenvalue weighted by Crippen LogP contribution is 2.12. The van der Waals surface area contributed by atoms with Gasteiger partial charge in [0.15, 0.2) is 0 Å². The number of carbonyl (C=O) groups is 3. The number of nitrogens with one attached hydrogen (secondary N) is 2. The van der Waals surface area contributed by atoms with Crippen molar-refractivity contribution >= 4 is 23.5 Å². The van der Waals surface area contributed by atoms with Crippen LogP contribution in [0.5, 0.6) is 0 Å². The van der Waals surface area contributed by atoms with Crippen molar-refractivity contribution in [3.8, 4) is 0 Å².